The van der Waals surface area contributed by atoms with Gasteiger partial charge in [0.1, 0.15) is 5.82 Å². The number of nitrogens with zero attached hydrogens (tertiary/aromatic N) is 6. The smallest absolute Gasteiger partial charge is 0.272 e. The minimum atomic E-state index is -0.571. The number of hydrogen-bond acceptors (Lipinski definition) is 7. The summed E-state index contributed by atoms with van der Waals surface area (Å²) in [6.45, 7) is 2.46. The number of aromatic nitrogens is 4. The zero-order chi connectivity index (χ0) is 26.8. The molecule has 5 rings (SSSR count). The topological polar surface area (TPSA) is 98.3 Å². The van der Waals surface area contributed by atoms with Crippen molar-refractivity contribution in [2.45, 2.75) is 19.4 Å². The lowest BCUT2D eigenvalue weighted by molar-refractivity contribution is 0.0728. The molecule has 0 aliphatic carbocycles. The normalized spacial score (nSPS) is 13.1. The molecule has 4 aromatic rings. The van der Waals surface area contributed by atoms with Crippen molar-refractivity contribution in [2.75, 3.05) is 45.7 Å². The van der Waals surface area contributed by atoms with Crippen LogP contribution in [0, 0.1) is 5.82 Å². The summed E-state index contributed by atoms with van der Waals surface area (Å²) in [5.74, 6) is -0.285. The number of H-pyrrole nitrogens is 1. The monoisotopic (exact) mass is 515 g/mol. The average Bonchev–Trinajstić information content (AvgIpc) is 2.93. The summed E-state index contributed by atoms with van der Waals surface area (Å²) in [6, 6.07) is 11.7. The Morgan fingerprint density at radius 1 is 1.11 bits per heavy atom. The molecule has 3 heterocycles. The maximum Gasteiger partial charge on any atom is 0.272 e. The van der Waals surface area contributed by atoms with Crippen LogP contribution in [0.15, 0.2) is 53.5 Å². The van der Waals surface area contributed by atoms with Gasteiger partial charge in [0, 0.05) is 63.2 Å². The fourth-order valence-electron chi connectivity index (χ4n) is 4.63. The van der Waals surface area contributed by atoms with E-state index < -0.39 is 5.82 Å². The number of anilines is 1. The second-order valence-electron chi connectivity index (χ2n) is 9.88. The third kappa shape index (κ3) is 5.26. The fraction of sp³-hybridized carbons (Fsp3) is 0.321. The van der Waals surface area contributed by atoms with E-state index in [9.17, 15) is 14.0 Å². The Hall–Kier alpha value is -4.18. The Kier molecular flexibility index (Phi) is 7.15. The second kappa shape index (κ2) is 10.7. The highest BCUT2D eigenvalue weighted by Crippen LogP contribution is 2.23. The summed E-state index contributed by atoms with van der Waals surface area (Å²) in [7, 11) is 6.01. The molecule has 0 fully saturated rings. The van der Waals surface area contributed by atoms with Crippen molar-refractivity contribution in [1.82, 2.24) is 30.0 Å². The lowest BCUT2D eigenvalue weighted by Gasteiger charge is -2.29. The molecule has 1 aliphatic heterocycles. The van der Waals surface area contributed by atoms with Crippen LogP contribution in [0.2, 0.25) is 0 Å². The minimum Gasteiger partial charge on any atom is -0.343 e. The van der Waals surface area contributed by atoms with Gasteiger partial charge in [-0.15, -0.1) is 0 Å². The van der Waals surface area contributed by atoms with Gasteiger partial charge in [0.05, 0.1) is 22.3 Å². The van der Waals surface area contributed by atoms with Crippen LogP contribution in [0.5, 0.6) is 0 Å². The van der Waals surface area contributed by atoms with E-state index in [1.54, 1.807) is 35.4 Å². The van der Waals surface area contributed by atoms with Crippen LogP contribution in [-0.4, -0.2) is 76.6 Å². The van der Waals surface area contributed by atoms with E-state index >= 15 is 0 Å². The second-order valence-corrected chi connectivity index (χ2v) is 9.88. The lowest BCUT2D eigenvalue weighted by Crippen LogP contribution is -2.37. The van der Waals surface area contributed by atoms with Gasteiger partial charge in [0.2, 0.25) is 5.95 Å². The number of nitrogens with one attached hydrogen (secondary N) is 1. The highest BCUT2D eigenvalue weighted by Gasteiger charge is 2.26. The van der Waals surface area contributed by atoms with Crippen LogP contribution in [0.3, 0.4) is 0 Å². The highest BCUT2D eigenvalue weighted by atomic mass is 19.1. The molecule has 0 unspecified atom stereocenters. The van der Waals surface area contributed by atoms with Crippen LogP contribution < -0.4 is 10.5 Å². The van der Waals surface area contributed by atoms with E-state index in [4.69, 9.17) is 4.98 Å². The van der Waals surface area contributed by atoms with Gasteiger partial charge in [-0.1, -0.05) is 24.3 Å². The van der Waals surface area contributed by atoms with Gasteiger partial charge in [-0.2, -0.15) is 5.10 Å². The molecule has 9 nitrogen and oxygen atoms in total. The summed E-state index contributed by atoms with van der Waals surface area (Å²) in [5, 5.41) is 8.00. The van der Waals surface area contributed by atoms with Gasteiger partial charge in [-0.05, 0) is 37.9 Å². The zero-order valence-electron chi connectivity index (χ0n) is 21.7. The van der Waals surface area contributed by atoms with Crippen LogP contribution in [0.1, 0.15) is 32.9 Å². The molecule has 0 radical (unpaired) electrons. The average molecular weight is 516 g/mol. The molecule has 196 valence electrons. The Balaban J connectivity index is 1.34. The van der Waals surface area contributed by atoms with Crippen LogP contribution in [0.4, 0.5) is 10.3 Å². The molecule has 0 saturated heterocycles. The van der Waals surface area contributed by atoms with Crippen molar-refractivity contribution < 1.29 is 9.18 Å². The van der Waals surface area contributed by atoms with Crippen LogP contribution in [0.25, 0.3) is 10.8 Å². The molecule has 0 bridgehead atoms. The predicted octanol–water partition coefficient (Wildman–Crippen LogP) is 2.64. The third-order valence-corrected chi connectivity index (χ3v) is 6.84. The molecular formula is C28H30FN7O2. The standard InChI is InChI=1S/C28H30FN7O2/c1-34(2)12-13-35(3)28-30-16-19-17-36(11-10-24(19)31-28)27(38)22-14-18(8-9-23(22)29)15-25-20-6-4-5-7-21(20)26(37)33-32-25/h4-9,14,16H,10-13,15,17H2,1-3H3,(H,33,37). The molecule has 1 aliphatic rings. The van der Waals surface area contributed by atoms with E-state index in [1.165, 1.54) is 6.07 Å². The molecule has 38 heavy (non-hydrogen) atoms. The molecule has 10 heteroatoms. The zero-order valence-corrected chi connectivity index (χ0v) is 21.7. The van der Waals surface area contributed by atoms with E-state index in [0.717, 1.165) is 35.3 Å². The molecule has 2 aromatic carbocycles. The van der Waals surface area contributed by atoms with Crippen molar-refractivity contribution in [3.05, 3.63) is 92.9 Å². The summed E-state index contributed by atoms with van der Waals surface area (Å²) in [6.07, 6.45) is 2.69. The number of likely N-dealkylation sites (N-methyl/N-ethyl adjacent to an activating group) is 2. The Bertz CT molecular complexity index is 1550. The number of aromatic amines is 1. The molecular weight excluding hydrogens is 485 g/mol. The first-order chi connectivity index (χ1) is 18.3. The SMILES string of the molecule is CN(C)CCN(C)c1ncc2c(n1)CCN(C(=O)c1cc(Cc3n[nH]c(=O)c4ccccc34)ccc1F)C2. The maximum absolute atomic E-state index is 14.8. The largest absolute Gasteiger partial charge is 0.343 e. The van der Waals surface area contributed by atoms with Gasteiger partial charge in [0.15, 0.2) is 0 Å². The van der Waals surface area contributed by atoms with Crippen molar-refractivity contribution in [2.24, 2.45) is 0 Å². The number of benzene rings is 2. The fourth-order valence-corrected chi connectivity index (χ4v) is 4.63. The Labute approximate surface area is 219 Å². The molecule has 0 spiro atoms. The molecule has 0 atom stereocenters. The maximum atomic E-state index is 14.8. The Morgan fingerprint density at radius 3 is 2.68 bits per heavy atom. The van der Waals surface area contributed by atoms with Crippen LogP contribution >= 0.6 is 0 Å². The van der Waals surface area contributed by atoms with Crippen molar-refractivity contribution in [1.29, 1.82) is 0 Å². The first kappa shape index (κ1) is 25.5. The van der Waals surface area contributed by atoms with Gasteiger partial charge >= 0.3 is 0 Å². The molecule has 2 aromatic heterocycles. The predicted molar refractivity (Wildman–Crippen MR) is 144 cm³/mol. The van der Waals surface area contributed by atoms with E-state index in [2.05, 4.69) is 20.1 Å². The van der Waals surface area contributed by atoms with Crippen molar-refractivity contribution in [3.8, 4) is 0 Å². The third-order valence-electron chi connectivity index (χ3n) is 6.84. The summed E-state index contributed by atoms with van der Waals surface area (Å²) in [5.41, 5.74) is 2.92. The summed E-state index contributed by atoms with van der Waals surface area (Å²) in [4.78, 5) is 40.5. The quantitative estimate of drug-likeness (QED) is 0.404. The minimum absolute atomic E-state index is 0.0145. The number of amides is 1. The Morgan fingerprint density at radius 2 is 1.89 bits per heavy atom. The van der Waals surface area contributed by atoms with Gasteiger partial charge in [-0.25, -0.2) is 19.5 Å². The van der Waals surface area contributed by atoms with Crippen molar-refractivity contribution >= 4 is 22.6 Å². The van der Waals surface area contributed by atoms with E-state index in [0.29, 0.717) is 43.0 Å². The van der Waals surface area contributed by atoms with Gasteiger partial charge in [0.25, 0.3) is 11.5 Å². The van der Waals surface area contributed by atoms with Gasteiger partial charge in [-0.3, -0.25) is 9.59 Å². The first-order valence-corrected chi connectivity index (χ1v) is 12.5. The highest BCUT2D eigenvalue weighted by molar-refractivity contribution is 5.95. The number of carbonyl (C=O) groups excluding carboxylic acids is 1. The van der Waals surface area contributed by atoms with E-state index in [1.807, 2.05) is 38.2 Å². The van der Waals surface area contributed by atoms with Gasteiger partial charge < -0.3 is 14.7 Å². The number of halogens is 1. The number of fused-ring (bicyclic) bond motifs is 2. The first-order valence-electron chi connectivity index (χ1n) is 12.5. The molecule has 1 N–H and O–H groups in total. The number of rotatable bonds is 7. The molecule has 0 saturated carbocycles. The summed E-state index contributed by atoms with van der Waals surface area (Å²) >= 11 is 0. The van der Waals surface area contributed by atoms with E-state index in [-0.39, 0.29) is 17.0 Å². The number of hydrogen-bond donors (Lipinski definition) is 1. The summed E-state index contributed by atoms with van der Waals surface area (Å²) < 4.78 is 14.8. The molecule has 1 amide bonds. The van der Waals surface area contributed by atoms with Crippen molar-refractivity contribution in [3.63, 3.8) is 0 Å². The number of carbonyl (C=O) groups is 1. The lowest BCUT2D eigenvalue weighted by atomic mass is 10.0. The van der Waals surface area contributed by atoms with Crippen LogP contribution in [-0.2, 0) is 19.4 Å².